The van der Waals surface area contributed by atoms with Crippen molar-refractivity contribution in [1.82, 2.24) is 0 Å². The Morgan fingerprint density at radius 2 is 1.88 bits per heavy atom. The van der Waals surface area contributed by atoms with Gasteiger partial charge in [-0.2, -0.15) is 0 Å². The molecule has 1 aromatic rings. The van der Waals surface area contributed by atoms with E-state index in [1.54, 1.807) is 0 Å². The summed E-state index contributed by atoms with van der Waals surface area (Å²) in [7, 11) is -3.59. The number of benzene rings is 1. The average Bonchev–Trinajstić information content (AvgIpc) is 2.17. The van der Waals surface area contributed by atoms with E-state index in [2.05, 4.69) is 0 Å². The quantitative estimate of drug-likeness (QED) is 0.901. The minimum Gasteiger partial charge on any atom is -0.481 e. The second-order valence-corrected chi connectivity index (χ2v) is 6.21. The van der Waals surface area contributed by atoms with Crippen molar-refractivity contribution in [3.63, 3.8) is 0 Å². The zero-order valence-corrected chi connectivity index (χ0v) is 10.1. The molecule has 1 rings (SSSR count). The lowest BCUT2D eigenvalue weighted by atomic mass is 10.3. The molecular weight excluding hydrogens is 252 g/mol. The van der Waals surface area contributed by atoms with Crippen molar-refractivity contribution in [1.29, 1.82) is 0 Å². The summed E-state index contributed by atoms with van der Waals surface area (Å²) in [4.78, 5) is 10.5. The molecule has 0 bridgehead atoms. The maximum absolute atomic E-state index is 11.9. The van der Waals surface area contributed by atoms with Gasteiger partial charge in [0.25, 0.3) is 0 Å². The van der Waals surface area contributed by atoms with Gasteiger partial charge in [0.1, 0.15) is 0 Å². The Hall–Kier alpha value is -1.07. The number of hydrogen-bond acceptors (Lipinski definition) is 3. The van der Waals surface area contributed by atoms with Crippen LogP contribution >= 0.6 is 11.6 Å². The van der Waals surface area contributed by atoms with Gasteiger partial charge in [-0.15, -0.1) is 0 Å². The molecule has 88 valence electrons. The number of carboxylic acids is 1. The van der Waals surface area contributed by atoms with E-state index in [9.17, 15) is 13.2 Å². The minimum atomic E-state index is -3.59. The first kappa shape index (κ1) is 13.0. The summed E-state index contributed by atoms with van der Waals surface area (Å²) in [6.07, 6.45) is -0.412. The van der Waals surface area contributed by atoms with Crippen LogP contribution in [-0.2, 0) is 14.6 Å². The minimum absolute atomic E-state index is 0.0886. The molecule has 0 spiro atoms. The summed E-state index contributed by atoms with van der Waals surface area (Å²) in [6.45, 7) is 1.37. The van der Waals surface area contributed by atoms with Crippen LogP contribution in [0, 0.1) is 0 Å². The van der Waals surface area contributed by atoms with Gasteiger partial charge in [-0.05, 0) is 31.2 Å². The topological polar surface area (TPSA) is 71.4 Å². The predicted octanol–water partition coefficient (Wildman–Crippen LogP) is 1.98. The van der Waals surface area contributed by atoms with Crippen molar-refractivity contribution < 1.29 is 18.3 Å². The molecule has 0 heterocycles. The molecule has 0 saturated heterocycles. The fraction of sp³-hybridized carbons (Fsp3) is 0.300. The van der Waals surface area contributed by atoms with E-state index in [-0.39, 0.29) is 4.90 Å². The van der Waals surface area contributed by atoms with Gasteiger partial charge in [-0.1, -0.05) is 11.6 Å². The molecule has 0 radical (unpaired) electrons. The standard InChI is InChI=1S/C10H11ClO4S/c1-7(6-10(12)13)16(14,15)9-4-2-8(11)3-5-9/h2-5,7H,6H2,1H3,(H,12,13)/t7-/m1/s1. The summed E-state index contributed by atoms with van der Waals surface area (Å²) in [5.74, 6) is -1.13. The second kappa shape index (κ2) is 4.84. The third-order valence-electron chi connectivity index (χ3n) is 2.13. The largest absolute Gasteiger partial charge is 0.481 e. The van der Waals surface area contributed by atoms with E-state index >= 15 is 0 Å². The van der Waals surface area contributed by atoms with Crippen molar-refractivity contribution in [3.8, 4) is 0 Å². The van der Waals surface area contributed by atoms with Crippen LogP contribution in [0.4, 0.5) is 0 Å². The molecule has 0 aliphatic heterocycles. The molecule has 1 atom stereocenters. The summed E-state index contributed by atoms with van der Waals surface area (Å²) in [6, 6.07) is 5.66. The number of rotatable bonds is 4. The van der Waals surface area contributed by atoms with Crippen LogP contribution in [0.15, 0.2) is 29.2 Å². The van der Waals surface area contributed by atoms with Gasteiger partial charge in [0.15, 0.2) is 9.84 Å². The van der Waals surface area contributed by atoms with E-state index in [1.165, 1.54) is 31.2 Å². The Labute approximate surface area is 98.8 Å². The van der Waals surface area contributed by atoms with Gasteiger partial charge in [-0.3, -0.25) is 4.79 Å². The number of halogens is 1. The highest BCUT2D eigenvalue weighted by atomic mass is 35.5. The van der Waals surface area contributed by atoms with Crippen LogP contribution < -0.4 is 0 Å². The Bertz CT molecular complexity index is 478. The SMILES string of the molecule is C[C@H](CC(=O)O)S(=O)(=O)c1ccc(Cl)cc1. The highest BCUT2D eigenvalue weighted by molar-refractivity contribution is 7.92. The fourth-order valence-corrected chi connectivity index (χ4v) is 2.68. The zero-order chi connectivity index (χ0) is 12.3. The first-order valence-electron chi connectivity index (χ1n) is 4.55. The first-order chi connectivity index (χ1) is 7.34. The van der Waals surface area contributed by atoms with Gasteiger partial charge in [-0.25, -0.2) is 8.42 Å². The Kier molecular flexibility index (Phi) is 3.93. The fourth-order valence-electron chi connectivity index (χ4n) is 1.21. The van der Waals surface area contributed by atoms with Crippen molar-refractivity contribution in [3.05, 3.63) is 29.3 Å². The monoisotopic (exact) mass is 262 g/mol. The van der Waals surface area contributed by atoms with E-state index in [0.717, 1.165) is 0 Å². The zero-order valence-electron chi connectivity index (χ0n) is 8.55. The van der Waals surface area contributed by atoms with Crippen LogP contribution in [0.5, 0.6) is 0 Å². The van der Waals surface area contributed by atoms with Crippen LogP contribution in [0.1, 0.15) is 13.3 Å². The van der Waals surface area contributed by atoms with Gasteiger partial charge in [0.2, 0.25) is 0 Å². The molecule has 0 aromatic heterocycles. The average molecular weight is 263 g/mol. The number of hydrogen-bond donors (Lipinski definition) is 1. The number of carbonyl (C=O) groups is 1. The molecule has 16 heavy (non-hydrogen) atoms. The lowest BCUT2D eigenvalue weighted by Gasteiger charge is -2.10. The normalized spacial score (nSPS) is 13.4. The molecular formula is C10H11ClO4S. The first-order valence-corrected chi connectivity index (χ1v) is 6.47. The van der Waals surface area contributed by atoms with Crippen molar-refractivity contribution in [2.24, 2.45) is 0 Å². The number of carboxylic acid groups (broad SMARTS) is 1. The van der Waals surface area contributed by atoms with Gasteiger partial charge >= 0.3 is 5.97 Å². The summed E-state index contributed by atoms with van der Waals surface area (Å²) >= 11 is 5.64. The molecule has 6 heteroatoms. The molecule has 0 amide bonds. The number of sulfone groups is 1. The van der Waals surface area contributed by atoms with Crippen molar-refractivity contribution in [2.45, 2.75) is 23.5 Å². The third-order valence-corrected chi connectivity index (χ3v) is 4.54. The van der Waals surface area contributed by atoms with Gasteiger partial charge in [0, 0.05) is 5.02 Å². The Morgan fingerprint density at radius 3 is 2.31 bits per heavy atom. The van der Waals surface area contributed by atoms with E-state index in [0.29, 0.717) is 5.02 Å². The van der Waals surface area contributed by atoms with Crippen molar-refractivity contribution >= 4 is 27.4 Å². The molecule has 4 nitrogen and oxygen atoms in total. The van der Waals surface area contributed by atoms with E-state index in [4.69, 9.17) is 16.7 Å². The van der Waals surface area contributed by atoms with E-state index < -0.39 is 27.5 Å². The predicted molar refractivity (Wildman–Crippen MR) is 60.4 cm³/mol. The van der Waals surface area contributed by atoms with Crippen LogP contribution in [0.2, 0.25) is 5.02 Å². The molecule has 0 unspecified atom stereocenters. The lowest BCUT2D eigenvalue weighted by molar-refractivity contribution is -0.136. The molecule has 0 fully saturated rings. The van der Waals surface area contributed by atoms with E-state index in [1.807, 2.05) is 0 Å². The smallest absolute Gasteiger partial charge is 0.304 e. The van der Waals surface area contributed by atoms with Crippen LogP contribution in [-0.4, -0.2) is 24.7 Å². The Morgan fingerprint density at radius 1 is 1.38 bits per heavy atom. The van der Waals surface area contributed by atoms with Gasteiger partial charge in [0.05, 0.1) is 16.6 Å². The lowest BCUT2D eigenvalue weighted by Crippen LogP contribution is -2.21. The van der Waals surface area contributed by atoms with Gasteiger partial charge < -0.3 is 5.11 Å². The third kappa shape index (κ3) is 2.96. The molecule has 0 aliphatic rings. The number of aliphatic carboxylic acids is 1. The molecule has 1 aromatic carbocycles. The maximum Gasteiger partial charge on any atom is 0.304 e. The molecule has 1 N–H and O–H groups in total. The molecule has 0 saturated carbocycles. The summed E-state index contributed by atoms with van der Waals surface area (Å²) in [5.41, 5.74) is 0. The Balaban J connectivity index is 3.02. The maximum atomic E-state index is 11.9. The summed E-state index contributed by atoms with van der Waals surface area (Å²) in [5, 5.41) is 8.04. The highest BCUT2D eigenvalue weighted by Crippen LogP contribution is 2.20. The van der Waals surface area contributed by atoms with Crippen LogP contribution in [0.3, 0.4) is 0 Å². The summed E-state index contributed by atoms with van der Waals surface area (Å²) < 4.78 is 23.7. The molecule has 0 aliphatic carbocycles. The highest BCUT2D eigenvalue weighted by Gasteiger charge is 2.25. The second-order valence-electron chi connectivity index (χ2n) is 3.41. The van der Waals surface area contributed by atoms with Crippen LogP contribution in [0.25, 0.3) is 0 Å². The van der Waals surface area contributed by atoms with Crippen molar-refractivity contribution in [2.75, 3.05) is 0 Å².